The first-order valence-electron chi connectivity index (χ1n) is 12.1. The molecule has 1 aliphatic heterocycles. The van der Waals surface area contributed by atoms with Gasteiger partial charge < -0.3 is 15.2 Å². The molecule has 0 atom stereocenters. The number of carboxylic acid groups (broad SMARTS) is 1. The third-order valence-corrected chi connectivity index (χ3v) is 6.65. The molecular weight excluding hydrogens is 472 g/mol. The van der Waals surface area contributed by atoms with Crippen molar-refractivity contribution in [2.75, 3.05) is 13.1 Å². The molecule has 37 heavy (non-hydrogen) atoms. The smallest absolute Gasteiger partial charge is 0.335 e. The molecule has 0 aliphatic carbocycles. The Labute approximate surface area is 212 Å². The molecule has 0 radical (unpaired) electrons. The largest absolute Gasteiger partial charge is 0.494 e. The van der Waals surface area contributed by atoms with Crippen molar-refractivity contribution in [3.8, 4) is 5.88 Å². The summed E-state index contributed by atoms with van der Waals surface area (Å²) < 4.78 is 0. The number of nitrogens with one attached hydrogen (secondary N) is 1. The van der Waals surface area contributed by atoms with E-state index >= 15 is 0 Å². The zero-order valence-corrected chi connectivity index (χ0v) is 20.1. The molecule has 0 saturated carbocycles. The van der Waals surface area contributed by atoms with Crippen LogP contribution in [0.4, 0.5) is 11.4 Å². The number of aromatic nitrogens is 1. The van der Waals surface area contributed by atoms with Gasteiger partial charge in [0.15, 0.2) is 5.88 Å². The van der Waals surface area contributed by atoms with Crippen LogP contribution in [0.15, 0.2) is 71.7 Å². The normalized spacial score (nSPS) is 14.6. The molecule has 0 bridgehead atoms. The summed E-state index contributed by atoms with van der Waals surface area (Å²) in [5.74, 6) is -1.24. The second kappa shape index (κ2) is 10.2. The molecule has 1 fully saturated rings. The van der Waals surface area contributed by atoms with E-state index in [2.05, 4.69) is 9.88 Å². The zero-order chi connectivity index (χ0) is 25.9. The highest BCUT2D eigenvalue weighted by atomic mass is 16.6. The van der Waals surface area contributed by atoms with E-state index in [4.69, 9.17) is 4.99 Å². The van der Waals surface area contributed by atoms with Gasteiger partial charge >= 0.3 is 5.97 Å². The van der Waals surface area contributed by atoms with Gasteiger partial charge in [-0.15, -0.1) is 0 Å². The number of aromatic hydroxyl groups is 1. The number of aromatic carboxylic acids is 1. The van der Waals surface area contributed by atoms with E-state index < -0.39 is 10.9 Å². The van der Waals surface area contributed by atoms with E-state index in [0.29, 0.717) is 33.4 Å². The number of rotatable bonds is 7. The number of nitro benzene ring substituents is 1. The van der Waals surface area contributed by atoms with Crippen LogP contribution in [0, 0.1) is 10.1 Å². The molecule has 9 heteroatoms. The minimum Gasteiger partial charge on any atom is -0.494 e. The van der Waals surface area contributed by atoms with Gasteiger partial charge in [0.1, 0.15) is 0 Å². The van der Waals surface area contributed by atoms with Crippen molar-refractivity contribution in [1.29, 1.82) is 0 Å². The Morgan fingerprint density at radius 2 is 1.65 bits per heavy atom. The third kappa shape index (κ3) is 5.22. The molecule has 1 aromatic heterocycles. The number of carbonyl (C=O) groups is 1. The molecule has 1 aliphatic rings. The maximum atomic E-state index is 11.4. The number of likely N-dealkylation sites (tertiary alicyclic amines) is 1. The molecule has 3 N–H and O–H groups in total. The van der Waals surface area contributed by atoms with Gasteiger partial charge in [0.2, 0.25) is 0 Å². The summed E-state index contributed by atoms with van der Waals surface area (Å²) in [6.45, 7) is 3.07. The number of non-ortho nitro benzene ring substituents is 1. The standard InChI is InChI=1S/C28H26N4O5/c33-27-25(23-16-22(32(36)37)12-13-24(23)30-27)26(19-6-8-20(9-7-19)28(34)35)29-21-10-4-18(5-11-21)17-31-14-2-1-3-15-31/h4-13,16,30,33H,1-3,14-15,17H2,(H,34,35). The van der Waals surface area contributed by atoms with Crippen LogP contribution >= 0.6 is 0 Å². The lowest BCUT2D eigenvalue weighted by Crippen LogP contribution is -2.28. The summed E-state index contributed by atoms with van der Waals surface area (Å²) >= 11 is 0. The van der Waals surface area contributed by atoms with Crippen molar-refractivity contribution in [3.63, 3.8) is 0 Å². The molecule has 9 nitrogen and oxygen atoms in total. The summed E-state index contributed by atoms with van der Waals surface area (Å²) in [6.07, 6.45) is 3.72. The molecule has 188 valence electrons. The number of H-pyrrole nitrogens is 1. The number of carboxylic acids is 1. The second-order valence-corrected chi connectivity index (χ2v) is 9.18. The minimum atomic E-state index is -1.06. The first kappa shape index (κ1) is 24.2. The highest BCUT2D eigenvalue weighted by Crippen LogP contribution is 2.34. The Bertz CT molecular complexity index is 1480. The quantitative estimate of drug-likeness (QED) is 0.172. The molecule has 3 aromatic carbocycles. The topological polar surface area (TPSA) is 132 Å². The van der Waals surface area contributed by atoms with Crippen LogP contribution in [0.1, 0.15) is 46.3 Å². The Kier molecular flexibility index (Phi) is 6.70. The van der Waals surface area contributed by atoms with Crippen LogP contribution < -0.4 is 0 Å². The second-order valence-electron chi connectivity index (χ2n) is 9.18. The Morgan fingerprint density at radius 1 is 0.973 bits per heavy atom. The number of benzene rings is 3. The van der Waals surface area contributed by atoms with Crippen molar-refractivity contribution >= 4 is 34.0 Å². The Hall–Kier alpha value is -4.50. The highest BCUT2D eigenvalue weighted by Gasteiger charge is 2.21. The molecule has 0 unspecified atom stereocenters. The predicted octanol–water partition coefficient (Wildman–Crippen LogP) is 5.63. The molecular formula is C28H26N4O5. The molecule has 0 amide bonds. The number of aromatic amines is 1. The molecule has 1 saturated heterocycles. The fourth-order valence-electron chi connectivity index (χ4n) is 4.74. The van der Waals surface area contributed by atoms with Gasteiger partial charge in [-0.3, -0.25) is 15.0 Å². The molecule has 0 spiro atoms. The van der Waals surface area contributed by atoms with Gasteiger partial charge in [-0.2, -0.15) is 0 Å². The van der Waals surface area contributed by atoms with Crippen LogP contribution in [0.5, 0.6) is 5.88 Å². The summed E-state index contributed by atoms with van der Waals surface area (Å²) in [5.41, 5.74) is 3.57. The molecule has 4 aromatic rings. The van der Waals surface area contributed by atoms with E-state index in [1.54, 1.807) is 12.1 Å². The van der Waals surface area contributed by atoms with E-state index in [1.807, 2.05) is 24.3 Å². The predicted molar refractivity (Wildman–Crippen MR) is 141 cm³/mol. The lowest BCUT2D eigenvalue weighted by molar-refractivity contribution is -0.384. The number of aliphatic imine (C=N–C) groups is 1. The Morgan fingerprint density at radius 3 is 2.30 bits per heavy atom. The maximum Gasteiger partial charge on any atom is 0.335 e. The number of nitrogens with zero attached hydrogens (tertiary/aromatic N) is 3. The van der Waals surface area contributed by atoms with Crippen molar-refractivity contribution in [1.82, 2.24) is 9.88 Å². The SMILES string of the molecule is O=C(O)c1ccc(C(=Nc2ccc(CN3CCCCC3)cc2)c2c(O)[nH]c3ccc([N+](=O)[O-])cc23)cc1. The monoisotopic (exact) mass is 498 g/mol. The van der Waals surface area contributed by atoms with Crippen molar-refractivity contribution in [2.45, 2.75) is 25.8 Å². The van der Waals surface area contributed by atoms with Crippen molar-refractivity contribution in [2.24, 2.45) is 4.99 Å². The van der Waals surface area contributed by atoms with Gasteiger partial charge in [-0.05, 0) is 61.8 Å². The minimum absolute atomic E-state index is 0.115. The number of piperidine rings is 1. The number of fused-ring (bicyclic) bond motifs is 1. The van der Waals surface area contributed by atoms with Gasteiger partial charge in [0.25, 0.3) is 5.69 Å². The Balaban J connectivity index is 1.58. The summed E-state index contributed by atoms with van der Waals surface area (Å²) in [7, 11) is 0. The van der Waals surface area contributed by atoms with Crippen LogP contribution in [0.3, 0.4) is 0 Å². The van der Waals surface area contributed by atoms with Crippen LogP contribution in [0.25, 0.3) is 10.9 Å². The fraction of sp³-hybridized carbons (Fsp3) is 0.214. The molecule has 5 rings (SSSR count). The van der Waals surface area contributed by atoms with Gasteiger partial charge in [-0.1, -0.05) is 30.7 Å². The van der Waals surface area contributed by atoms with E-state index in [-0.39, 0.29) is 17.1 Å². The number of nitro groups is 1. The van der Waals surface area contributed by atoms with Crippen LogP contribution in [0.2, 0.25) is 0 Å². The van der Waals surface area contributed by atoms with Crippen molar-refractivity contribution in [3.05, 3.63) is 99.1 Å². The summed E-state index contributed by atoms with van der Waals surface area (Å²) in [6, 6.07) is 18.3. The van der Waals surface area contributed by atoms with Crippen LogP contribution in [-0.2, 0) is 6.54 Å². The lowest BCUT2D eigenvalue weighted by Gasteiger charge is -2.26. The third-order valence-electron chi connectivity index (χ3n) is 6.65. The average molecular weight is 499 g/mol. The van der Waals surface area contributed by atoms with Gasteiger partial charge in [-0.25, -0.2) is 9.79 Å². The first-order valence-corrected chi connectivity index (χ1v) is 12.1. The fourth-order valence-corrected chi connectivity index (χ4v) is 4.74. The average Bonchev–Trinajstić information content (AvgIpc) is 3.23. The van der Waals surface area contributed by atoms with E-state index in [0.717, 1.165) is 19.6 Å². The maximum absolute atomic E-state index is 11.4. The number of hydrogen-bond acceptors (Lipinski definition) is 6. The zero-order valence-electron chi connectivity index (χ0n) is 20.1. The van der Waals surface area contributed by atoms with Gasteiger partial charge in [0, 0.05) is 35.1 Å². The van der Waals surface area contributed by atoms with Crippen LogP contribution in [-0.4, -0.2) is 49.8 Å². The summed E-state index contributed by atoms with van der Waals surface area (Å²) in [5, 5.41) is 32.0. The van der Waals surface area contributed by atoms with Gasteiger partial charge in [0.05, 0.1) is 27.4 Å². The lowest BCUT2D eigenvalue weighted by atomic mass is 9.99. The van der Waals surface area contributed by atoms with E-state index in [9.17, 15) is 25.1 Å². The number of hydrogen-bond donors (Lipinski definition) is 3. The summed E-state index contributed by atoms with van der Waals surface area (Å²) in [4.78, 5) is 32.4. The first-order chi connectivity index (χ1) is 17.9. The van der Waals surface area contributed by atoms with E-state index in [1.165, 1.54) is 55.2 Å². The molecule has 2 heterocycles. The van der Waals surface area contributed by atoms with Crippen molar-refractivity contribution < 1.29 is 19.9 Å². The highest BCUT2D eigenvalue weighted by molar-refractivity contribution is 6.22.